The van der Waals surface area contributed by atoms with Gasteiger partial charge in [0.1, 0.15) is 5.75 Å². The van der Waals surface area contributed by atoms with E-state index in [9.17, 15) is 0 Å². The molecule has 0 N–H and O–H groups in total. The Balaban J connectivity index is 2.48. The number of ether oxygens (including phenoxy) is 1. The number of hydrogen-bond donors (Lipinski definition) is 0. The van der Waals surface area contributed by atoms with Crippen LogP contribution in [0.25, 0.3) is 0 Å². The normalized spacial score (nSPS) is 12.2. The molecule has 1 nitrogen and oxygen atoms in total. The van der Waals surface area contributed by atoms with Crippen LogP contribution in [-0.2, 0) is 0 Å². The lowest BCUT2D eigenvalue weighted by atomic mass is 10.0. The molecule has 2 aromatic carbocycles. The molecule has 2 aromatic rings. The van der Waals surface area contributed by atoms with Gasteiger partial charge in [-0.25, -0.2) is 0 Å². The summed E-state index contributed by atoms with van der Waals surface area (Å²) in [4.78, 5) is 0. The smallest absolute Gasteiger partial charge is 0.123 e. The van der Waals surface area contributed by atoms with Crippen molar-refractivity contribution in [3.05, 3.63) is 63.1 Å². The molecule has 0 bridgehead atoms. The minimum Gasteiger partial charge on any atom is -0.496 e. The van der Waals surface area contributed by atoms with Crippen molar-refractivity contribution in [2.75, 3.05) is 7.11 Å². The summed E-state index contributed by atoms with van der Waals surface area (Å²) in [5, 5.41) is 0.311. The van der Waals surface area contributed by atoms with E-state index in [0.29, 0.717) is 5.02 Å². The van der Waals surface area contributed by atoms with Crippen molar-refractivity contribution in [1.29, 1.82) is 0 Å². The second-order valence-corrected chi connectivity index (χ2v) is 5.53. The molecule has 0 radical (unpaired) electrons. The Labute approximate surface area is 125 Å². The Morgan fingerprint density at radius 1 is 1.11 bits per heavy atom. The third-order valence-corrected chi connectivity index (χ3v) is 3.95. The summed E-state index contributed by atoms with van der Waals surface area (Å²) in [6, 6.07) is 13.3. The molecule has 94 valence electrons. The highest BCUT2D eigenvalue weighted by Gasteiger charge is 2.18. The predicted molar refractivity (Wildman–Crippen MR) is 79.8 cm³/mol. The molecule has 4 heteroatoms. The van der Waals surface area contributed by atoms with Crippen LogP contribution >= 0.6 is 39.1 Å². The Hall–Kier alpha value is -0.700. The van der Waals surface area contributed by atoms with Crippen molar-refractivity contribution in [1.82, 2.24) is 0 Å². The van der Waals surface area contributed by atoms with Crippen LogP contribution in [0.4, 0.5) is 0 Å². The van der Waals surface area contributed by atoms with E-state index in [0.717, 1.165) is 21.3 Å². The molecule has 0 aliphatic rings. The topological polar surface area (TPSA) is 9.23 Å². The molecule has 0 amide bonds. The fourth-order valence-corrected chi connectivity index (χ4v) is 2.79. The second kappa shape index (κ2) is 5.96. The van der Waals surface area contributed by atoms with Crippen LogP contribution in [-0.4, -0.2) is 7.11 Å². The molecule has 0 aliphatic heterocycles. The summed E-state index contributed by atoms with van der Waals surface area (Å²) in [5.41, 5.74) is 1.76. The number of hydrogen-bond acceptors (Lipinski definition) is 1. The van der Waals surface area contributed by atoms with Gasteiger partial charge in [0, 0.05) is 15.1 Å². The van der Waals surface area contributed by atoms with Crippen LogP contribution in [0.15, 0.2) is 46.9 Å². The standard InChI is InChI=1S/C14H11BrCl2O/c1-18-13-7-6-9(15)8-11(13)14(17)10-4-2-3-5-12(10)16/h2-8,14H,1H3. The van der Waals surface area contributed by atoms with Gasteiger partial charge in [-0.3, -0.25) is 0 Å². The third-order valence-electron chi connectivity index (χ3n) is 2.64. The van der Waals surface area contributed by atoms with E-state index in [2.05, 4.69) is 15.9 Å². The molecule has 2 rings (SSSR count). The van der Waals surface area contributed by atoms with E-state index >= 15 is 0 Å². The molecule has 0 fully saturated rings. The quantitative estimate of drug-likeness (QED) is 0.673. The zero-order valence-corrected chi connectivity index (χ0v) is 12.8. The van der Waals surface area contributed by atoms with Gasteiger partial charge >= 0.3 is 0 Å². The number of benzene rings is 2. The first-order chi connectivity index (χ1) is 8.63. The molecule has 1 atom stereocenters. The number of alkyl halides is 1. The maximum atomic E-state index is 6.51. The first kappa shape index (κ1) is 13.7. The Morgan fingerprint density at radius 2 is 1.83 bits per heavy atom. The number of rotatable bonds is 3. The zero-order valence-electron chi connectivity index (χ0n) is 9.66. The largest absolute Gasteiger partial charge is 0.496 e. The lowest BCUT2D eigenvalue weighted by molar-refractivity contribution is 0.410. The minimum absolute atomic E-state index is 0.342. The fourth-order valence-electron chi connectivity index (χ4n) is 1.75. The van der Waals surface area contributed by atoms with Crippen molar-refractivity contribution in [3.63, 3.8) is 0 Å². The van der Waals surface area contributed by atoms with Gasteiger partial charge in [0.15, 0.2) is 0 Å². The fraction of sp³-hybridized carbons (Fsp3) is 0.143. The maximum absolute atomic E-state index is 6.51. The molecule has 1 unspecified atom stereocenters. The summed E-state index contributed by atoms with van der Waals surface area (Å²) < 4.78 is 6.29. The van der Waals surface area contributed by atoms with Crippen LogP contribution in [0.1, 0.15) is 16.5 Å². The minimum atomic E-state index is -0.342. The lowest BCUT2D eigenvalue weighted by Crippen LogP contribution is -1.98. The predicted octanol–water partition coefficient (Wildman–Crippen LogP) is 5.44. The summed E-state index contributed by atoms with van der Waals surface area (Å²) in [5.74, 6) is 0.748. The average molecular weight is 346 g/mol. The lowest BCUT2D eigenvalue weighted by Gasteiger charge is -2.15. The van der Waals surface area contributed by atoms with Crippen LogP contribution in [0.2, 0.25) is 5.02 Å². The third kappa shape index (κ3) is 2.82. The Morgan fingerprint density at radius 3 is 2.50 bits per heavy atom. The van der Waals surface area contributed by atoms with Crippen LogP contribution < -0.4 is 4.74 Å². The molecule has 0 aromatic heterocycles. The molecule has 0 aliphatic carbocycles. The molecule has 0 saturated carbocycles. The SMILES string of the molecule is COc1ccc(Br)cc1C(Cl)c1ccccc1Cl. The summed E-state index contributed by atoms with van der Waals surface area (Å²) in [7, 11) is 1.63. The highest BCUT2D eigenvalue weighted by molar-refractivity contribution is 9.10. The highest BCUT2D eigenvalue weighted by Crippen LogP contribution is 2.39. The number of methoxy groups -OCH3 is 1. The van der Waals surface area contributed by atoms with Crippen molar-refractivity contribution in [2.24, 2.45) is 0 Å². The zero-order chi connectivity index (χ0) is 13.1. The molecule has 18 heavy (non-hydrogen) atoms. The van der Waals surface area contributed by atoms with Crippen LogP contribution in [0, 0.1) is 0 Å². The Bertz CT molecular complexity index is 557. The average Bonchev–Trinajstić information content (AvgIpc) is 2.38. The van der Waals surface area contributed by atoms with Gasteiger partial charge in [-0.15, -0.1) is 11.6 Å². The van der Waals surface area contributed by atoms with Crippen LogP contribution in [0.3, 0.4) is 0 Å². The van der Waals surface area contributed by atoms with Crippen molar-refractivity contribution < 1.29 is 4.74 Å². The molecule has 0 heterocycles. The summed E-state index contributed by atoms with van der Waals surface area (Å²) >= 11 is 16.1. The van der Waals surface area contributed by atoms with Crippen LogP contribution in [0.5, 0.6) is 5.75 Å². The van der Waals surface area contributed by atoms with Gasteiger partial charge in [0.05, 0.1) is 12.5 Å². The molecule has 0 saturated heterocycles. The first-order valence-electron chi connectivity index (χ1n) is 5.35. The maximum Gasteiger partial charge on any atom is 0.123 e. The van der Waals surface area contributed by atoms with Crippen molar-refractivity contribution in [2.45, 2.75) is 5.38 Å². The van der Waals surface area contributed by atoms with E-state index in [-0.39, 0.29) is 5.38 Å². The van der Waals surface area contributed by atoms with Crippen molar-refractivity contribution >= 4 is 39.1 Å². The van der Waals surface area contributed by atoms with Crippen molar-refractivity contribution in [3.8, 4) is 5.75 Å². The first-order valence-corrected chi connectivity index (χ1v) is 6.96. The second-order valence-electron chi connectivity index (χ2n) is 3.77. The van der Waals surface area contributed by atoms with E-state index in [1.54, 1.807) is 7.11 Å². The number of halogens is 3. The summed E-state index contributed by atoms with van der Waals surface area (Å²) in [6.45, 7) is 0. The van der Waals surface area contributed by atoms with Gasteiger partial charge in [0.25, 0.3) is 0 Å². The monoisotopic (exact) mass is 344 g/mol. The summed E-state index contributed by atoms with van der Waals surface area (Å²) in [6.07, 6.45) is 0. The van der Waals surface area contributed by atoms with Gasteiger partial charge in [0.2, 0.25) is 0 Å². The van der Waals surface area contributed by atoms with Gasteiger partial charge in [-0.2, -0.15) is 0 Å². The van der Waals surface area contributed by atoms with Gasteiger partial charge in [-0.1, -0.05) is 45.7 Å². The van der Waals surface area contributed by atoms with Gasteiger partial charge in [-0.05, 0) is 29.8 Å². The molecular formula is C14H11BrCl2O. The van der Waals surface area contributed by atoms with E-state index in [1.165, 1.54) is 0 Å². The van der Waals surface area contributed by atoms with E-state index in [4.69, 9.17) is 27.9 Å². The van der Waals surface area contributed by atoms with Gasteiger partial charge < -0.3 is 4.74 Å². The van der Waals surface area contributed by atoms with E-state index < -0.39 is 0 Å². The van der Waals surface area contributed by atoms with E-state index in [1.807, 2.05) is 42.5 Å². The highest BCUT2D eigenvalue weighted by atomic mass is 79.9. The molecular weight excluding hydrogens is 335 g/mol. The molecule has 0 spiro atoms. The Kier molecular flexibility index (Phi) is 4.55.